The molecule has 0 heterocycles. The smallest absolute Gasteiger partial charge is 0.0983 e. The summed E-state index contributed by atoms with van der Waals surface area (Å²) in [6, 6.07) is 36.1. The molecule has 0 radical (unpaired) electrons. The van der Waals surface area contributed by atoms with Crippen LogP contribution in [0.2, 0.25) is 6.55 Å². The fraction of sp³-hybridized carbons (Fsp3) is 0.103. The molecular weight excluding hydrogens is 468 g/mol. The quantitative estimate of drug-likeness (QED) is 0.260. The summed E-state index contributed by atoms with van der Waals surface area (Å²) < 4.78 is 0. The number of hydrogen-bond donors (Lipinski definition) is 0. The zero-order chi connectivity index (χ0) is 20.3. The first-order valence-electron chi connectivity index (χ1n) is 10.7. The Bertz CT molecular complexity index is 1120. The molecule has 0 atom stereocenters. The first kappa shape index (κ1) is 20.6. The number of rotatable bonds is 3. The van der Waals surface area contributed by atoms with Crippen LogP contribution in [0.5, 0.6) is 0 Å². The van der Waals surface area contributed by atoms with E-state index >= 15 is 0 Å². The monoisotopic (exact) mass is 490 g/mol. The molecule has 0 saturated carbocycles. The molecule has 0 N–H and O–H groups in total. The minimum Gasteiger partial charge on any atom is -0.107 e. The number of fused-ring (bicyclic) bond motifs is 6. The molecule has 6 rings (SSSR count). The summed E-state index contributed by atoms with van der Waals surface area (Å²) in [6.45, 7) is 7.02. The summed E-state index contributed by atoms with van der Waals surface area (Å²) in [5, 5.41) is 0. The van der Waals surface area contributed by atoms with Gasteiger partial charge in [-0.15, -0.1) is 6.58 Å². The molecule has 2 aliphatic carbocycles. The summed E-state index contributed by atoms with van der Waals surface area (Å²) >= 11 is 0. The minimum absolute atomic E-state index is 0. The van der Waals surface area contributed by atoms with Crippen molar-refractivity contribution in [3.8, 4) is 22.3 Å². The molecule has 31 heavy (non-hydrogen) atoms. The van der Waals surface area contributed by atoms with Crippen LogP contribution in [-0.4, -0.2) is 8.07 Å². The normalized spacial score (nSPS) is 14.2. The Morgan fingerprint density at radius 2 is 0.806 bits per heavy atom. The van der Waals surface area contributed by atoms with Crippen molar-refractivity contribution < 1.29 is 26.2 Å². The average Bonchev–Trinajstić information content (AvgIpc) is 3.33. The van der Waals surface area contributed by atoms with Crippen LogP contribution < -0.4 is 0 Å². The molecule has 4 aromatic rings. The molecule has 2 aliphatic rings. The molecule has 2 heteroatoms. The molecule has 4 aromatic carbocycles. The van der Waals surface area contributed by atoms with Crippen LogP contribution in [0.15, 0.2) is 109 Å². The Labute approximate surface area is 204 Å². The second-order valence-corrected chi connectivity index (χ2v) is 13.1. The van der Waals surface area contributed by atoms with Gasteiger partial charge in [-0.1, -0.05) is 109 Å². The summed E-state index contributed by atoms with van der Waals surface area (Å²) in [5.74, 6) is 0. The van der Waals surface area contributed by atoms with Gasteiger partial charge in [0.05, 0.1) is 8.07 Å². The maximum atomic E-state index is 4.48. The maximum Gasteiger partial charge on any atom is 0.0983 e. The van der Waals surface area contributed by atoms with E-state index in [1.165, 1.54) is 44.5 Å². The Hall–Kier alpha value is -2.28. The van der Waals surface area contributed by atoms with Crippen molar-refractivity contribution in [1.29, 1.82) is 0 Å². The largest absolute Gasteiger partial charge is 0.107 e. The predicted octanol–water partition coefficient (Wildman–Crippen LogP) is 7.49. The molecule has 0 saturated heterocycles. The van der Waals surface area contributed by atoms with Crippen molar-refractivity contribution in [3.63, 3.8) is 0 Å². The van der Waals surface area contributed by atoms with Gasteiger partial charge in [0, 0.05) is 37.3 Å². The van der Waals surface area contributed by atoms with E-state index in [9.17, 15) is 0 Å². The Morgan fingerprint density at radius 1 is 0.548 bits per heavy atom. The van der Waals surface area contributed by atoms with E-state index in [2.05, 4.69) is 116 Å². The molecule has 0 nitrogen and oxygen atoms in total. The standard InChI is InChI=1S/C29H24Si.Zr/c1-3-30(2,28-24-16-8-4-12-20(24)21-13-5-9-17-25(21)28)29-26-18-10-6-14-22(26)23-15-7-11-19-27(23)29;/h3-19,28-29H,1H2,2H3;. The van der Waals surface area contributed by atoms with Gasteiger partial charge < -0.3 is 0 Å². The van der Waals surface area contributed by atoms with Crippen molar-refractivity contribution in [1.82, 2.24) is 0 Å². The van der Waals surface area contributed by atoms with Gasteiger partial charge in [0.1, 0.15) is 0 Å². The van der Waals surface area contributed by atoms with Crippen LogP contribution >= 0.6 is 0 Å². The van der Waals surface area contributed by atoms with Crippen molar-refractivity contribution >= 4 is 8.07 Å². The van der Waals surface area contributed by atoms with Gasteiger partial charge in [0.25, 0.3) is 0 Å². The average molecular weight is 492 g/mol. The molecule has 0 aromatic heterocycles. The van der Waals surface area contributed by atoms with E-state index in [-0.39, 0.29) is 26.2 Å². The van der Waals surface area contributed by atoms with Gasteiger partial charge in [-0.25, -0.2) is 0 Å². The first-order valence-corrected chi connectivity index (χ1v) is 13.5. The van der Waals surface area contributed by atoms with Gasteiger partial charge in [-0.05, 0) is 44.5 Å². The Morgan fingerprint density at radius 3 is 1.06 bits per heavy atom. The van der Waals surface area contributed by atoms with Crippen LogP contribution in [0.1, 0.15) is 33.3 Å². The molecule has 0 bridgehead atoms. The predicted molar refractivity (Wildman–Crippen MR) is 129 cm³/mol. The Kier molecular flexibility index (Phi) is 5.12. The minimum atomic E-state index is -2.10. The summed E-state index contributed by atoms with van der Waals surface area (Å²) in [5.41, 5.74) is 14.7. The van der Waals surface area contributed by atoms with Crippen LogP contribution in [0, 0.1) is 0 Å². The van der Waals surface area contributed by atoms with Crippen molar-refractivity contribution in [2.45, 2.75) is 17.6 Å². The molecule has 0 fully saturated rings. The maximum absolute atomic E-state index is 4.48. The molecule has 0 unspecified atom stereocenters. The first-order chi connectivity index (χ1) is 14.7. The third kappa shape index (κ3) is 2.81. The number of benzene rings is 4. The van der Waals surface area contributed by atoms with Gasteiger partial charge in [0.15, 0.2) is 0 Å². The Balaban J connectivity index is 0.00000204. The molecule has 0 amide bonds. The van der Waals surface area contributed by atoms with Gasteiger partial charge in [-0.2, -0.15) is 0 Å². The second-order valence-electron chi connectivity index (χ2n) is 8.79. The number of hydrogen-bond acceptors (Lipinski definition) is 0. The van der Waals surface area contributed by atoms with Crippen LogP contribution in [-0.2, 0) is 26.2 Å². The SMILES string of the molecule is C=C[Si](C)(C1c2ccccc2-c2ccccc21)C1c2ccccc2-c2ccccc21.[Zr]. The van der Waals surface area contributed by atoms with Crippen LogP contribution in [0.3, 0.4) is 0 Å². The fourth-order valence-corrected chi connectivity index (χ4v) is 10.5. The van der Waals surface area contributed by atoms with Gasteiger partial charge in [-0.3, -0.25) is 0 Å². The van der Waals surface area contributed by atoms with E-state index in [0.717, 1.165) is 0 Å². The summed E-state index contributed by atoms with van der Waals surface area (Å²) in [4.78, 5) is 0. The molecule has 0 aliphatic heterocycles. The second kappa shape index (κ2) is 7.69. The fourth-order valence-electron chi connectivity index (χ4n) is 6.05. The summed E-state index contributed by atoms with van der Waals surface area (Å²) in [6.07, 6.45) is 0. The van der Waals surface area contributed by atoms with Crippen molar-refractivity contribution in [3.05, 3.63) is 132 Å². The van der Waals surface area contributed by atoms with E-state index in [0.29, 0.717) is 11.1 Å². The van der Waals surface area contributed by atoms with E-state index in [1.807, 2.05) is 0 Å². The van der Waals surface area contributed by atoms with Crippen molar-refractivity contribution in [2.75, 3.05) is 0 Å². The molecule has 0 spiro atoms. The third-order valence-corrected chi connectivity index (χ3v) is 12.0. The zero-order valence-corrected chi connectivity index (χ0v) is 21.1. The van der Waals surface area contributed by atoms with Crippen LogP contribution in [0.25, 0.3) is 22.3 Å². The van der Waals surface area contributed by atoms with Gasteiger partial charge in [0.2, 0.25) is 0 Å². The summed E-state index contributed by atoms with van der Waals surface area (Å²) in [7, 11) is -2.10. The zero-order valence-electron chi connectivity index (χ0n) is 17.7. The van der Waals surface area contributed by atoms with E-state index < -0.39 is 8.07 Å². The van der Waals surface area contributed by atoms with Crippen molar-refractivity contribution in [2.24, 2.45) is 0 Å². The van der Waals surface area contributed by atoms with Crippen LogP contribution in [0.4, 0.5) is 0 Å². The molecular formula is C29H24SiZr. The van der Waals surface area contributed by atoms with E-state index in [4.69, 9.17) is 0 Å². The topological polar surface area (TPSA) is 0 Å². The molecule has 148 valence electrons. The van der Waals surface area contributed by atoms with E-state index in [1.54, 1.807) is 0 Å². The third-order valence-electron chi connectivity index (χ3n) is 7.35. The van der Waals surface area contributed by atoms with Gasteiger partial charge >= 0.3 is 0 Å².